The van der Waals surface area contributed by atoms with Crippen LogP contribution in [-0.2, 0) is 4.79 Å². The maximum Gasteiger partial charge on any atom is 0.266 e. The summed E-state index contributed by atoms with van der Waals surface area (Å²) in [5.74, 6) is 0.618. The summed E-state index contributed by atoms with van der Waals surface area (Å²) in [6, 6.07) is 14.3. The van der Waals surface area contributed by atoms with Crippen molar-refractivity contribution in [3.63, 3.8) is 0 Å². The minimum atomic E-state index is -0.207. The second-order valence-electron chi connectivity index (χ2n) is 6.82. The van der Waals surface area contributed by atoms with Gasteiger partial charge in [0, 0.05) is 6.54 Å². The first-order valence-electron chi connectivity index (χ1n) is 9.13. The van der Waals surface area contributed by atoms with Crippen molar-refractivity contribution in [2.45, 2.75) is 25.4 Å². The molecule has 0 radical (unpaired) electrons. The second kappa shape index (κ2) is 9.26. The summed E-state index contributed by atoms with van der Waals surface area (Å²) in [7, 11) is 0. The van der Waals surface area contributed by atoms with Gasteiger partial charge in [-0.15, -0.1) is 0 Å². The lowest BCUT2D eigenvalue weighted by Crippen LogP contribution is -2.28. The van der Waals surface area contributed by atoms with E-state index in [-0.39, 0.29) is 17.2 Å². The zero-order chi connectivity index (χ0) is 20.1. The van der Waals surface area contributed by atoms with Crippen molar-refractivity contribution in [1.29, 1.82) is 0 Å². The van der Waals surface area contributed by atoms with E-state index < -0.39 is 0 Å². The first kappa shape index (κ1) is 20.4. The Morgan fingerprint density at radius 1 is 1.18 bits per heavy atom. The van der Waals surface area contributed by atoms with Crippen LogP contribution in [0.15, 0.2) is 58.5 Å². The number of carbonyl (C=O) groups is 1. The molecule has 2 aromatic carbocycles. The van der Waals surface area contributed by atoms with Crippen LogP contribution in [0.2, 0.25) is 5.02 Å². The fraction of sp³-hybridized carbons (Fsp3) is 0.286. The van der Waals surface area contributed by atoms with Gasteiger partial charge in [0.05, 0.1) is 27.4 Å². The predicted octanol–water partition coefficient (Wildman–Crippen LogP) is 4.29. The quantitative estimate of drug-likeness (QED) is 0.461. The molecule has 146 valence electrons. The summed E-state index contributed by atoms with van der Waals surface area (Å²) in [5, 5.41) is 4.30. The zero-order valence-electron chi connectivity index (χ0n) is 15.8. The van der Waals surface area contributed by atoms with Crippen LogP contribution in [0.4, 0.5) is 0 Å². The molecule has 0 bridgehead atoms. The Hall–Kier alpha value is -2.31. The maximum absolute atomic E-state index is 13.1. The van der Waals surface area contributed by atoms with E-state index >= 15 is 0 Å². The molecular weight excluding hydrogens is 394 g/mol. The predicted molar refractivity (Wildman–Crippen MR) is 116 cm³/mol. The Labute approximate surface area is 173 Å². The van der Waals surface area contributed by atoms with E-state index in [2.05, 4.69) is 24.1 Å². The highest BCUT2D eigenvalue weighted by Gasteiger charge is 2.16. The van der Waals surface area contributed by atoms with Gasteiger partial charge in [0.1, 0.15) is 0 Å². The minimum Gasteiger partial charge on any atom is -0.355 e. The smallest absolute Gasteiger partial charge is 0.266 e. The number of hydrogen-bond acceptors (Lipinski definition) is 4. The molecule has 1 heterocycles. The SMILES string of the molecule is CC(C)CCNC(=O)CSc1nc2ccccc2c(=O)n1-c1ccccc1Cl. The molecular formula is C21H22ClN3O2S. The third kappa shape index (κ3) is 4.75. The van der Waals surface area contributed by atoms with Crippen LogP contribution >= 0.6 is 23.4 Å². The molecule has 0 saturated heterocycles. The first-order chi connectivity index (χ1) is 13.5. The molecule has 1 amide bonds. The van der Waals surface area contributed by atoms with Crippen molar-refractivity contribution < 1.29 is 4.79 Å². The van der Waals surface area contributed by atoms with Crippen molar-refractivity contribution in [2.24, 2.45) is 5.92 Å². The number of fused-ring (bicyclic) bond motifs is 1. The van der Waals surface area contributed by atoms with Gasteiger partial charge < -0.3 is 5.32 Å². The van der Waals surface area contributed by atoms with Crippen LogP contribution < -0.4 is 10.9 Å². The fourth-order valence-electron chi connectivity index (χ4n) is 2.74. The molecule has 0 spiro atoms. The molecule has 0 fully saturated rings. The number of carbonyl (C=O) groups excluding carboxylic acids is 1. The van der Waals surface area contributed by atoms with Gasteiger partial charge in [-0.05, 0) is 36.6 Å². The molecule has 0 saturated carbocycles. The van der Waals surface area contributed by atoms with Gasteiger partial charge in [0.25, 0.3) is 5.56 Å². The van der Waals surface area contributed by atoms with Gasteiger partial charge in [0.2, 0.25) is 5.91 Å². The lowest BCUT2D eigenvalue weighted by atomic mass is 10.1. The van der Waals surface area contributed by atoms with Crippen molar-refractivity contribution >= 4 is 40.2 Å². The molecule has 5 nitrogen and oxygen atoms in total. The molecule has 28 heavy (non-hydrogen) atoms. The molecule has 7 heteroatoms. The fourth-order valence-corrected chi connectivity index (χ4v) is 3.79. The topological polar surface area (TPSA) is 64.0 Å². The Kier molecular flexibility index (Phi) is 6.75. The monoisotopic (exact) mass is 415 g/mol. The van der Waals surface area contributed by atoms with Crippen LogP contribution in [0.1, 0.15) is 20.3 Å². The van der Waals surface area contributed by atoms with Gasteiger partial charge >= 0.3 is 0 Å². The standard InChI is InChI=1S/C21H22ClN3O2S/c1-14(2)11-12-23-19(26)13-28-21-24-17-9-5-3-7-15(17)20(27)25(21)18-10-6-4-8-16(18)22/h3-10,14H,11-13H2,1-2H3,(H,23,26). The van der Waals surface area contributed by atoms with E-state index in [1.54, 1.807) is 36.4 Å². The van der Waals surface area contributed by atoms with Crippen molar-refractivity contribution in [3.05, 3.63) is 63.9 Å². The van der Waals surface area contributed by atoms with Crippen molar-refractivity contribution in [2.75, 3.05) is 12.3 Å². The highest BCUT2D eigenvalue weighted by molar-refractivity contribution is 7.99. The molecule has 3 aromatic rings. The summed E-state index contributed by atoms with van der Waals surface area (Å²) in [4.78, 5) is 30.0. The van der Waals surface area contributed by atoms with E-state index in [0.29, 0.717) is 39.2 Å². The van der Waals surface area contributed by atoms with Crippen LogP contribution in [-0.4, -0.2) is 27.8 Å². The minimum absolute atomic E-state index is 0.0845. The Bertz CT molecular complexity index is 1050. The van der Waals surface area contributed by atoms with Gasteiger partial charge in [-0.3, -0.25) is 14.2 Å². The summed E-state index contributed by atoms with van der Waals surface area (Å²) >= 11 is 7.57. The van der Waals surface area contributed by atoms with E-state index in [1.807, 2.05) is 12.1 Å². The second-order valence-corrected chi connectivity index (χ2v) is 8.17. The number of thioether (sulfide) groups is 1. The highest BCUT2D eigenvalue weighted by atomic mass is 35.5. The maximum atomic E-state index is 13.1. The van der Waals surface area contributed by atoms with Crippen LogP contribution in [0.25, 0.3) is 16.6 Å². The highest BCUT2D eigenvalue weighted by Crippen LogP contribution is 2.25. The number of hydrogen-bond donors (Lipinski definition) is 1. The molecule has 0 unspecified atom stereocenters. The molecule has 3 rings (SSSR count). The summed E-state index contributed by atoms with van der Waals surface area (Å²) in [5.41, 5.74) is 0.940. The number of aromatic nitrogens is 2. The number of amides is 1. The van der Waals surface area contributed by atoms with E-state index in [9.17, 15) is 9.59 Å². The Morgan fingerprint density at radius 2 is 1.89 bits per heavy atom. The first-order valence-corrected chi connectivity index (χ1v) is 10.5. The van der Waals surface area contributed by atoms with Crippen molar-refractivity contribution in [3.8, 4) is 5.69 Å². The van der Waals surface area contributed by atoms with E-state index in [4.69, 9.17) is 11.6 Å². The van der Waals surface area contributed by atoms with Crippen LogP contribution in [0.5, 0.6) is 0 Å². The average molecular weight is 416 g/mol. The largest absolute Gasteiger partial charge is 0.355 e. The molecule has 1 N–H and O–H groups in total. The number of benzene rings is 2. The Morgan fingerprint density at radius 3 is 2.64 bits per heavy atom. The number of rotatable bonds is 7. The van der Waals surface area contributed by atoms with Gasteiger partial charge in [0.15, 0.2) is 5.16 Å². The number of para-hydroxylation sites is 2. The molecule has 0 aliphatic rings. The average Bonchev–Trinajstić information content (AvgIpc) is 2.67. The molecule has 0 aliphatic heterocycles. The normalized spacial score (nSPS) is 11.1. The zero-order valence-corrected chi connectivity index (χ0v) is 17.4. The lowest BCUT2D eigenvalue weighted by Gasteiger charge is -2.14. The summed E-state index contributed by atoms with van der Waals surface area (Å²) < 4.78 is 1.48. The third-order valence-corrected chi connectivity index (χ3v) is 5.47. The molecule has 0 atom stereocenters. The van der Waals surface area contributed by atoms with Crippen LogP contribution in [0.3, 0.4) is 0 Å². The lowest BCUT2D eigenvalue weighted by molar-refractivity contribution is -0.118. The number of halogens is 1. The van der Waals surface area contributed by atoms with Gasteiger partial charge in [-0.1, -0.05) is 61.5 Å². The van der Waals surface area contributed by atoms with Gasteiger partial charge in [-0.25, -0.2) is 4.98 Å². The molecule has 0 aliphatic carbocycles. The van der Waals surface area contributed by atoms with E-state index in [0.717, 1.165) is 6.42 Å². The third-order valence-electron chi connectivity index (χ3n) is 4.21. The number of nitrogens with zero attached hydrogens (tertiary/aromatic N) is 2. The number of nitrogens with one attached hydrogen (secondary N) is 1. The van der Waals surface area contributed by atoms with E-state index in [1.165, 1.54) is 16.3 Å². The van der Waals surface area contributed by atoms with Crippen LogP contribution in [0, 0.1) is 5.92 Å². The summed E-state index contributed by atoms with van der Waals surface area (Å²) in [6.45, 7) is 4.87. The van der Waals surface area contributed by atoms with Gasteiger partial charge in [-0.2, -0.15) is 0 Å². The Balaban J connectivity index is 1.94. The molecule has 1 aromatic heterocycles. The summed E-state index contributed by atoms with van der Waals surface area (Å²) in [6.07, 6.45) is 0.926. The van der Waals surface area contributed by atoms with Crippen molar-refractivity contribution in [1.82, 2.24) is 14.9 Å².